The smallest absolute Gasteiger partial charge is 0.258 e. The van der Waals surface area contributed by atoms with Crippen molar-refractivity contribution in [1.29, 1.82) is 0 Å². The number of nitrogens with zero attached hydrogens (tertiary/aromatic N) is 1. The van der Waals surface area contributed by atoms with Crippen molar-refractivity contribution in [2.24, 2.45) is 0 Å². The van der Waals surface area contributed by atoms with E-state index < -0.39 is 4.92 Å². The summed E-state index contributed by atoms with van der Waals surface area (Å²) in [6.45, 7) is 1.90. The first-order valence-corrected chi connectivity index (χ1v) is 5.90. The third-order valence-corrected chi connectivity index (χ3v) is 5.01. The Labute approximate surface area is 105 Å². The first-order chi connectivity index (χ1) is 5.95. The van der Waals surface area contributed by atoms with Gasteiger partial charge in [0, 0.05) is 3.57 Å². The molecule has 0 saturated carbocycles. The van der Waals surface area contributed by atoms with Gasteiger partial charge < -0.3 is 0 Å². The van der Waals surface area contributed by atoms with Crippen LogP contribution < -0.4 is 0 Å². The second kappa shape index (κ2) is 4.22. The molecule has 0 radical (unpaired) electrons. The maximum Gasteiger partial charge on any atom is 0.298 e. The number of hydrogen-bond donors (Lipinski definition) is 0. The number of benzene rings is 1. The van der Waals surface area contributed by atoms with Gasteiger partial charge in [-0.05, 0) is 73.0 Å². The summed E-state index contributed by atoms with van der Waals surface area (Å²) in [5, 5.41) is 10.6. The normalized spacial score (nSPS) is 10.2. The molecule has 1 aromatic carbocycles. The average molecular weight is 421 g/mol. The Morgan fingerprint density at radius 3 is 2.54 bits per heavy atom. The number of halogens is 3. The Hall–Kier alpha value is 0.310. The lowest BCUT2D eigenvalue weighted by Crippen LogP contribution is -1.94. The van der Waals surface area contributed by atoms with Crippen LogP contribution in [0.2, 0.25) is 0 Å². The fourth-order valence-electron chi connectivity index (χ4n) is 0.871. The molecule has 0 unspecified atom stereocenters. The van der Waals surface area contributed by atoms with Crippen molar-refractivity contribution in [2.75, 3.05) is 0 Å². The minimum absolute atomic E-state index is 0.0787. The van der Waals surface area contributed by atoms with Crippen LogP contribution >= 0.6 is 54.5 Å². The van der Waals surface area contributed by atoms with Crippen molar-refractivity contribution in [1.82, 2.24) is 0 Å². The van der Waals surface area contributed by atoms with Crippen LogP contribution in [0.4, 0.5) is 5.69 Å². The van der Waals surface area contributed by atoms with Gasteiger partial charge in [-0.25, -0.2) is 0 Å². The zero-order valence-electron chi connectivity index (χ0n) is 6.47. The van der Waals surface area contributed by atoms with Crippen molar-refractivity contribution in [3.63, 3.8) is 0 Å². The predicted octanol–water partition coefficient (Wildman–Crippen LogP) is 4.03. The van der Waals surface area contributed by atoms with Crippen molar-refractivity contribution in [3.8, 4) is 0 Å². The van der Waals surface area contributed by atoms with Crippen LogP contribution in [0.3, 0.4) is 0 Å². The number of nitro groups is 1. The molecule has 13 heavy (non-hydrogen) atoms. The summed E-state index contributed by atoms with van der Waals surface area (Å²) in [5.41, 5.74) is 1.08. The van der Waals surface area contributed by atoms with Crippen molar-refractivity contribution in [3.05, 3.63) is 34.3 Å². The molecule has 0 atom stereocenters. The summed E-state index contributed by atoms with van der Waals surface area (Å²) in [5.74, 6) is 0. The van der Waals surface area contributed by atoms with Gasteiger partial charge in [0.2, 0.25) is 0 Å². The van der Waals surface area contributed by atoms with E-state index in [1.807, 2.05) is 6.92 Å². The number of aryl methyl sites for hydroxylation is 1. The maximum absolute atomic E-state index is 10.6. The lowest BCUT2D eigenvalue weighted by molar-refractivity contribution is -0.386. The molecular weight excluding hydrogens is 417 g/mol. The van der Waals surface area contributed by atoms with Crippen LogP contribution in [0.5, 0.6) is 0 Å². The van der Waals surface area contributed by atoms with Gasteiger partial charge >= 0.3 is 0 Å². The van der Waals surface area contributed by atoms with E-state index in [9.17, 15) is 10.1 Å². The molecule has 0 aromatic heterocycles. The Kier molecular flexibility index (Phi) is 3.70. The topological polar surface area (TPSA) is 43.1 Å². The van der Waals surface area contributed by atoms with Crippen LogP contribution in [0.25, 0.3) is 0 Å². The van der Waals surface area contributed by atoms with Crippen molar-refractivity contribution in [2.45, 2.75) is 6.92 Å². The summed E-state index contributed by atoms with van der Waals surface area (Å²) in [6.07, 6.45) is 0. The Bertz CT molecular complexity index is 381. The Morgan fingerprint density at radius 1 is 1.54 bits per heavy atom. The van der Waals surface area contributed by atoms with E-state index in [1.54, 1.807) is 6.07 Å². The average Bonchev–Trinajstić information content (AvgIpc) is 1.99. The zero-order valence-corrected chi connectivity index (χ0v) is 11.8. The fraction of sp³-hybridized carbons (Fsp3) is 0.143. The Morgan fingerprint density at radius 2 is 2.08 bits per heavy atom. The quantitative estimate of drug-likeness (QED) is 0.298. The Balaban J connectivity index is 3.53. The first-order valence-electron chi connectivity index (χ1n) is 3.23. The minimum Gasteiger partial charge on any atom is -0.258 e. The van der Waals surface area contributed by atoms with Crippen LogP contribution in [0.15, 0.2) is 15.0 Å². The van der Waals surface area contributed by atoms with Gasteiger partial charge in [-0.15, -0.1) is 0 Å². The molecule has 70 valence electrons. The van der Waals surface area contributed by atoms with E-state index in [-0.39, 0.29) is 5.69 Å². The molecule has 1 aromatic rings. The van der Waals surface area contributed by atoms with Crippen LogP contribution in [-0.2, 0) is 0 Å². The lowest BCUT2D eigenvalue weighted by atomic mass is 10.2. The number of hydrogen-bond acceptors (Lipinski definition) is 2. The fourth-order valence-corrected chi connectivity index (χ4v) is 2.91. The highest BCUT2D eigenvalue weighted by molar-refractivity contribution is 14.1. The van der Waals surface area contributed by atoms with Crippen molar-refractivity contribution >= 4 is 60.1 Å². The van der Waals surface area contributed by atoms with Crippen LogP contribution in [0.1, 0.15) is 5.56 Å². The van der Waals surface area contributed by atoms with Crippen LogP contribution in [-0.4, -0.2) is 4.92 Å². The molecule has 0 amide bonds. The van der Waals surface area contributed by atoms with E-state index in [1.165, 1.54) is 0 Å². The lowest BCUT2D eigenvalue weighted by Gasteiger charge is -2.03. The van der Waals surface area contributed by atoms with Gasteiger partial charge in [-0.1, -0.05) is 0 Å². The summed E-state index contributed by atoms with van der Waals surface area (Å²) < 4.78 is 1.90. The molecule has 0 N–H and O–H groups in total. The third kappa shape index (κ3) is 2.21. The highest BCUT2D eigenvalue weighted by Gasteiger charge is 2.20. The van der Waals surface area contributed by atoms with Gasteiger partial charge in [0.05, 0.1) is 9.40 Å². The zero-order chi connectivity index (χ0) is 10.2. The molecule has 3 nitrogen and oxygen atoms in total. The summed E-state index contributed by atoms with van der Waals surface area (Å²) in [4.78, 5) is 10.2. The van der Waals surface area contributed by atoms with Gasteiger partial charge in [-0.3, -0.25) is 10.1 Å². The van der Waals surface area contributed by atoms with Gasteiger partial charge in [0.15, 0.2) is 0 Å². The van der Waals surface area contributed by atoms with E-state index in [0.717, 1.165) is 9.13 Å². The van der Waals surface area contributed by atoms with Crippen molar-refractivity contribution < 1.29 is 4.92 Å². The molecule has 0 saturated heterocycles. The van der Waals surface area contributed by atoms with Gasteiger partial charge in [-0.2, -0.15) is 0 Å². The number of nitro benzene ring substituents is 1. The standard InChI is InChI=1S/C7H4Br2INO2/c1-3-2-4(8)7(11(12)13)5(9)6(3)10/h2H,1H3. The second-order valence-electron chi connectivity index (χ2n) is 2.41. The molecule has 0 aliphatic carbocycles. The highest BCUT2D eigenvalue weighted by Crippen LogP contribution is 2.37. The maximum atomic E-state index is 10.6. The highest BCUT2D eigenvalue weighted by atomic mass is 127. The van der Waals surface area contributed by atoms with E-state index >= 15 is 0 Å². The first kappa shape index (κ1) is 11.4. The molecule has 0 fully saturated rings. The second-order valence-corrected chi connectivity index (χ2v) is 5.14. The molecule has 1 rings (SSSR count). The summed E-state index contributed by atoms with van der Waals surface area (Å²) >= 11 is 8.43. The van der Waals surface area contributed by atoms with Gasteiger partial charge in [0.25, 0.3) is 5.69 Å². The third-order valence-electron chi connectivity index (χ3n) is 1.50. The predicted molar refractivity (Wildman–Crippen MR) is 66.0 cm³/mol. The number of rotatable bonds is 1. The molecule has 0 aliphatic rings. The minimum atomic E-state index is -0.407. The summed E-state index contributed by atoms with van der Waals surface area (Å²) in [7, 11) is 0. The van der Waals surface area contributed by atoms with E-state index in [4.69, 9.17) is 0 Å². The molecule has 0 spiro atoms. The van der Waals surface area contributed by atoms with Gasteiger partial charge in [0.1, 0.15) is 4.47 Å². The molecule has 0 aliphatic heterocycles. The van der Waals surface area contributed by atoms with E-state index in [0.29, 0.717) is 8.95 Å². The molecule has 6 heteroatoms. The molecule has 0 heterocycles. The molecule has 0 bridgehead atoms. The monoisotopic (exact) mass is 419 g/mol. The largest absolute Gasteiger partial charge is 0.298 e. The molecular formula is C7H4Br2INO2. The SMILES string of the molecule is Cc1cc(Br)c([N+](=O)[O-])c(Br)c1I. The van der Waals surface area contributed by atoms with E-state index in [2.05, 4.69) is 54.5 Å². The van der Waals surface area contributed by atoms with Crippen LogP contribution in [0, 0.1) is 20.6 Å². The summed E-state index contributed by atoms with van der Waals surface area (Å²) in [6, 6.07) is 1.74.